The van der Waals surface area contributed by atoms with Crippen molar-refractivity contribution >= 4 is 5.91 Å². The van der Waals surface area contributed by atoms with Crippen LogP contribution in [0.5, 0.6) is 0 Å². The second kappa shape index (κ2) is 7.71. The molecular formula is C13H26N2O3. The minimum atomic E-state index is -0.431. The first-order valence-corrected chi connectivity index (χ1v) is 6.81. The number of hydrogen-bond acceptors (Lipinski definition) is 4. The van der Waals surface area contributed by atoms with Gasteiger partial charge in [0.15, 0.2) is 0 Å². The normalized spacial score (nSPS) is 27.6. The van der Waals surface area contributed by atoms with Gasteiger partial charge in [-0.1, -0.05) is 6.92 Å². The summed E-state index contributed by atoms with van der Waals surface area (Å²) in [6.07, 6.45) is 0.732. The monoisotopic (exact) mass is 258 g/mol. The molecule has 18 heavy (non-hydrogen) atoms. The van der Waals surface area contributed by atoms with Gasteiger partial charge in [-0.3, -0.25) is 4.79 Å². The fourth-order valence-electron chi connectivity index (χ4n) is 1.76. The van der Waals surface area contributed by atoms with Crippen molar-refractivity contribution < 1.29 is 14.3 Å². The molecule has 0 radical (unpaired) electrons. The van der Waals surface area contributed by atoms with E-state index in [2.05, 4.69) is 10.6 Å². The summed E-state index contributed by atoms with van der Waals surface area (Å²) < 4.78 is 11.3. The molecule has 0 bridgehead atoms. The Morgan fingerprint density at radius 3 is 2.83 bits per heavy atom. The maximum absolute atomic E-state index is 11.8. The van der Waals surface area contributed by atoms with Crippen LogP contribution in [0.15, 0.2) is 0 Å². The lowest BCUT2D eigenvalue weighted by molar-refractivity contribution is -0.137. The molecule has 1 aliphatic heterocycles. The third kappa shape index (κ3) is 5.33. The minimum Gasteiger partial charge on any atom is -0.370 e. The number of nitrogens with one attached hydrogen (secondary N) is 2. The maximum Gasteiger partial charge on any atom is 0.249 e. The zero-order valence-corrected chi connectivity index (χ0v) is 11.9. The van der Waals surface area contributed by atoms with E-state index >= 15 is 0 Å². The molecule has 5 nitrogen and oxygen atoms in total. The Balaban J connectivity index is 2.23. The highest BCUT2D eigenvalue weighted by molar-refractivity contribution is 5.80. The van der Waals surface area contributed by atoms with Crippen molar-refractivity contribution in [3.05, 3.63) is 0 Å². The topological polar surface area (TPSA) is 59.6 Å². The molecule has 1 rings (SSSR count). The van der Waals surface area contributed by atoms with Crippen LogP contribution in [0.2, 0.25) is 0 Å². The fourth-order valence-corrected chi connectivity index (χ4v) is 1.76. The summed E-state index contributed by atoms with van der Waals surface area (Å²) >= 11 is 0. The molecule has 4 unspecified atom stereocenters. The maximum atomic E-state index is 11.8. The molecule has 1 saturated heterocycles. The SMILES string of the molecule is CCC(C)NC(=O)C(C)OCC1CNCC(C)O1. The third-order valence-electron chi connectivity index (χ3n) is 3.13. The molecule has 0 spiro atoms. The van der Waals surface area contributed by atoms with E-state index in [4.69, 9.17) is 9.47 Å². The standard InChI is InChI=1S/C13H26N2O3/c1-5-9(2)15-13(16)11(4)17-8-12-7-14-6-10(3)18-12/h9-12,14H,5-8H2,1-4H3,(H,15,16). The van der Waals surface area contributed by atoms with Crippen LogP contribution in [0.1, 0.15) is 34.1 Å². The molecule has 0 aromatic heterocycles. The molecule has 1 aliphatic rings. The van der Waals surface area contributed by atoms with Gasteiger partial charge in [0.2, 0.25) is 5.91 Å². The first kappa shape index (κ1) is 15.4. The summed E-state index contributed by atoms with van der Waals surface area (Å²) in [5.41, 5.74) is 0. The number of ether oxygens (including phenoxy) is 2. The molecule has 0 saturated carbocycles. The van der Waals surface area contributed by atoms with Gasteiger partial charge in [0.05, 0.1) is 18.8 Å². The predicted molar refractivity (Wildman–Crippen MR) is 70.5 cm³/mol. The lowest BCUT2D eigenvalue weighted by Gasteiger charge is -2.29. The first-order chi connectivity index (χ1) is 8.52. The molecule has 1 fully saturated rings. The highest BCUT2D eigenvalue weighted by atomic mass is 16.5. The van der Waals surface area contributed by atoms with E-state index in [0.29, 0.717) is 6.61 Å². The van der Waals surface area contributed by atoms with Gasteiger partial charge in [0, 0.05) is 19.1 Å². The number of carbonyl (C=O) groups excluding carboxylic acids is 1. The first-order valence-electron chi connectivity index (χ1n) is 6.81. The van der Waals surface area contributed by atoms with E-state index in [1.165, 1.54) is 0 Å². The third-order valence-corrected chi connectivity index (χ3v) is 3.13. The highest BCUT2D eigenvalue weighted by Crippen LogP contribution is 2.05. The molecule has 0 aromatic carbocycles. The summed E-state index contributed by atoms with van der Waals surface area (Å²) in [6, 6.07) is 0.191. The van der Waals surface area contributed by atoms with Gasteiger partial charge in [0.25, 0.3) is 0 Å². The van der Waals surface area contributed by atoms with E-state index in [0.717, 1.165) is 19.5 Å². The molecule has 106 valence electrons. The molecule has 5 heteroatoms. The lowest BCUT2D eigenvalue weighted by atomic mass is 10.2. The fraction of sp³-hybridized carbons (Fsp3) is 0.923. The molecule has 0 aliphatic carbocycles. The zero-order valence-electron chi connectivity index (χ0n) is 11.9. The lowest BCUT2D eigenvalue weighted by Crippen LogP contribution is -2.47. The van der Waals surface area contributed by atoms with Crippen LogP contribution in [-0.2, 0) is 14.3 Å². The van der Waals surface area contributed by atoms with Crippen LogP contribution in [-0.4, -0.2) is 50.0 Å². The van der Waals surface area contributed by atoms with Crippen molar-refractivity contribution in [3.63, 3.8) is 0 Å². The van der Waals surface area contributed by atoms with Crippen LogP contribution >= 0.6 is 0 Å². The molecule has 0 aromatic rings. The van der Waals surface area contributed by atoms with Crippen LogP contribution in [0.25, 0.3) is 0 Å². The van der Waals surface area contributed by atoms with E-state index in [9.17, 15) is 4.79 Å². The van der Waals surface area contributed by atoms with E-state index < -0.39 is 6.10 Å². The minimum absolute atomic E-state index is 0.0348. The number of rotatable bonds is 6. The molecule has 1 heterocycles. The van der Waals surface area contributed by atoms with Crippen molar-refractivity contribution in [2.75, 3.05) is 19.7 Å². The van der Waals surface area contributed by atoms with Crippen molar-refractivity contribution in [1.82, 2.24) is 10.6 Å². The van der Waals surface area contributed by atoms with Gasteiger partial charge >= 0.3 is 0 Å². The van der Waals surface area contributed by atoms with Gasteiger partial charge in [0.1, 0.15) is 6.10 Å². The largest absolute Gasteiger partial charge is 0.370 e. The second-order valence-electron chi connectivity index (χ2n) is 5.02. The van der Waals surface area contributed by atoms with Crippen LogP contribution in [0.3, 0.4) is 0 Å². The van der Waals surface area contributed by atoms with Crippen LogP contribution < -0.4 is 10.6 Å². The Bertz CT molecular complexity index is 261. The van der Waals surface area contributed by atoms with E-state index in [1.54, 1.807) is 6.92 Å². The predicted octanol–water partition coefficient (Wildman–Crippen LogP) is 0.683. The van der Waals surface area contributed by atoms with E-state index in [-0.39, 0.29) is 24.2 Å². The Kier molecular flexibility index (Phi) is 6.60. The molecular weight excluding hydrogens is 232 g/mol. The summed E-state index contributed by atoms with van der Waals surface area (Å²) in [5.74, 6) is -0.0545. The van der Waals surface area contributed by atoms with E-state index in [1.807, 2.05) is 20.8 Å². The van der Waals surface area contributed by atoms with Crippen molar-refractivity contribution in [3.8, 4) is 0 Å². The molecule has 2 N–H and O–H groups in total. The second-order valence-corrected chi connectivity index (χ2v) is 5.02. The highest BCUT2D eigenvalue weighted by Gasteiger charge is 2.21. The Morgan fingerprint density at radius 2 is 2.22 bits per heavy atom. The summed E-state index contributed by atoms with van der Waals surface area (Å²) in [7, 11) is 0. The molecule has 4 atom stereocenters. The quantitative estimate of drug-likeness (QED) is 0.735. The van der Waals surface area contributed by atoms with Gasteiger partial charge < -0.3 is 20.1 Å². The van der Waals surface area contributed by atoms with Gasteiger partial charge in [-0.15, -0.1) is 0 Å². The average molecular weight is 258 g/mol. The van der Waals surface area contributed by atoms with Crippen LogP contribution in [0.4, 0.5) is 0 Å². The summed E-state index contributed by atoms with van der Waals surface area (Å²) in [5, 5.41) is 6.18. The molecule has 1 amide bonds. The van der Waals surface area contributed by atoms with Gasteiger partial charge in [-0.25, -0.2) is 0 Å². The van der Waals surface area contributed by atoms with Crippen molar-refractivity contribution in [1.29, 1.82) is 0 Å². The van der Waals surface area contributed by atoms with Crippen molar-refractivity contribution in [2.24, 2.45) is 0 Å². The number of morpholine rings is 1. The van der Waals surface area contributed by atoms with Crippen molar-refractivity contribution in [2.45, 2.75) is 58.5 Å². The Morgan fingerprint density at radius 1 is 1.50 bits per heavy atom. The number of carbonyl (C=O) groups is 1. The van der Waals surface area contributed by atoms with Gasteiger partial charge in [-0.05, 0) is 27.2 Å². The average Bonchev–Trinajstić information content (AvgIpc) is 2.35. The smallest absolute Gasteiger partial charge is 0.249 e. The van der Waals surface area contributed by atoms with Crippen LogP contribution in [0, 0.1) is 0 Å². The summed E-state index contributed by atoms with van der Waals surface area (Å²) in [4.78, 5) is 11.8. The van der Waals surface area contributed by atoms with Gasteiger partial charge in [-0.2, -0.15) is 0 Å². The number of hydrogen-bond donors (Lipinski definition) is 2. The Labute approximate surface area is 110 Å². The Hall–Kier alpha value is -0.650. The zero-order chi connectivity index (χ0) is 13.5. The summed E-state index contributed by atoms with van der Waals surface area (Å²) in [6.45, 7) is 9.94. The number of amides is 1.